The van der Waals surface area contributed by atoms with Crippen molar-refractivity contribution in [3.05, 3.63) is 23.3 Å². The minimum Gasteiger partial charge on any atom is -0.493 e. The summed E-state index contributed by atoms with van der Waals surface area (Å²) in [6.45, 7) is 1.24. The number of piperidine rings is 1. The van der Waals surface area contributed by atoms with E-state index in [9.17, 15) is 5.11 Å². The Morgan fingerprint density at radius 3 is 2.92 bits per heavy atom. The predicted octanol–water partition coefficient (Wildman–Crippen LogP) is 1.60. The summed E-state index contributed by atoms with van der Waals surface area (Å²) >= 11 is 0. The number of likely N-dealkylation sites (N-methyl/N-ethyl adjacent to an activating group) is 1. The summed E-state index contributed by atoms with van der Waals surface area (Å²) in [7, 11) is 5.71. The van der Waals surface area contributed by atoms with Crippen LogP contribution in [0.2, 0.25) is 0 Å². The van der Waals surface area contributed by atoms with Gasteiger partial charge in [-0.1, -0.05) is 6.07 Å². The minimum atomic E-state index is -0.0756. The Morgan fingerprint density at radius 2 is 2.20 bits per heavy atom. The van der Waals surface area contributed by atoms with Gasteiger partial charge >= 0.3 is 0 Å². The van der Waals surface area contributed by atoms with Gasteiger partial charge in [-0.15, -0.1) is 0 Å². The van der Waals surface area contributed by atoms with Crippen molar-refractivity contribution >= 4 is 0 Å². The first-order chi connectivity index (χ1) is 12.2. The zero-order valence-corrected chi connectivity index (χ0v) is 15.2. The van der Waals surface area contributed by atoms with Crippen molar-refractivity contribution in [2.24, 2.45) is 11.8 Å². The highest BCUT2D eigenvalue weighted by Crippen LogP contribution is 2.64. The van der Waals surface area contributed by atoms with Crippen LogP contribution in [0.5, 0.6) is 11.5 Å². The van der Waals surface area contributed by atoms with Crippen molar-refractivity contribution in [3.8, 4) is 11.5 Å². The fourth-order valence-corrected chi connectivity index (χ4v) is 6.42. The second kappa shape index (κ2) is 5.35. The lowest BCUT2D eigenvalue weighted by Gasteiger charge is -2.60. The average Bonchev–Trinajstić information content (AvgIpc) is 2.98. The normalized spacial score (nSPS) is 41.2. The van der Waals surface area contributed by atoms with Crippen molar-refractivity contribution in [1.82, 2.24) is 4.90 Å². The van der Waals surface area contributed by atoms with Crippen molar-refractivity contribution in [1.29, 1.82) is 0 Å². The van der Waals surface area contributed by atoms with E-state index in [-0.39, 0.29) is 30.1 Å². The van der Waals surface area contributed by atoms with E-state index in [0.29, 0.717) is 12.0 Å². The van der Waals surface area contributed by atoms with E-state index in [1.165, 1.54) is 11.1 Å². The molecule has 5 nitrogen and oxygen atoms in total. The third-order valence-corrected chi connectivity index (χ3v) is 7.47. The third-order valence-electron chi connectivity index (χ3n) is 7.47. The maximum absolute atomic E-state index is 10.0. The van der Waals surface area contributed by atoms with Crippen LogP contribution in [0.1, 0.15) is 24.0 Å². The summed E-state index contributed by atoms with van der Waals surface area (Å²) < 4.78 is 18.1. The highest BCUT2D eigenvalue weighted by molar-refractivity contribution is 5.61. The molecule has 2 aliphatic heterocycles. The summed E-state index contributed by atoms with van der Waals surface area (Å²) in [6, 6.07) is 4.79. The van der Waals surface area contributed by atoms with E-state index in [1.54, 1.807) is 14.2 Å². The van der Waals surface area contributed by atoms with Crippen LogP contribution in [0.3, 0.4) is 0 Å². The monoisotopic (exact) mass is 345 g/mol. The Balaban J connectivity index is 1.75. The molecule has 0 amide bonds. The second-order valence-electron chi connectivity index (χ2n) is 8.20. The van der Waals surface area contributed by atoms with Crippen LogP contribution in [0.15, 0.2) is 12.1 Å². The van der Waals surface area contributed by atoms with E-state index in [0.717, 1.165) is 37.3 Å². The Morgan fingerprint density at radius 1 is 1.36 bits per heavy atom. The van der Waals surface area contributed by atoms with Crippen LogP contribution in [0.4, 0.5) is 0 Å². The fourth-order valence-electron chi connectivity index (χ4n) is 6.42. The van der Waals surface area contributed by atoms with Gasteiger partial charge < -0.3 is 24.2 Å². The molecule has 2 heterocycles. The highest BCUT2D eigenvalue weighted by Gasteiger charge is 2.67. The first-order valence-corrected chi connectivity index (χ1v) is 9.36. The maximum atomic E-state index is 10.0. The van der Waals surface area contributed by atoms with E-state index in [1.807, 2.05) is 6.07 Å². The number of nitrogens with zero attached hydrogens (tertiary/aromatic N) is 1. The summed E-state index contributed by atoms with van der Waals surface area (Å²) in [6.07, 6.45) is 3.03. The molecule has 2 bridgehead atoms. The summed E-state index contributed by atoms with van der Waals surface area (Å²) in [4.78, 5) is 2.51. The van der Waals surface area contributed by atoms with Crippen LogP contribution < -0.4 is 9.47 Å². The molecule has 0 aromatic heterocycles. The lowest BCUT2D eigenvalue weighted by molar-refractivity contribution is -0.145. The van der Waals surface area contributed by atoms with Gasteiger partial charge in [-0.2, -0.15) is 0 Å². The Hall–Kier alpha value is -1.30. The van der Waals surface area contributed by atoms with Gasteiger partial charge in [0.15, 0.2) is 11.5 Å². The van der Waals surface area contributed by atoms with Crippen LogP contribution in [0.25, 0.3) is 0 Å². The van der Waals surface area contributed by atoms with Gasteiger partial charge in [0.1, 0.15) is 6.10 Å². The smallest absolute Gasteiger partial charge is 0.165 e. The summed E-state index contributed by atoms with van der Waals surface area (Å²) in [5, 5.41) is 10.0. The zero-order chi connectivity index (χ0) is 17.3. The standard InChI is InChI=1S/C20H27NO4/c1-21-7-6-20-13-8-12(10-22)17(24-3)19(20)25-18-15(23-2)5-4-11(16(18)20)9-14(13)21/h4-5,12-14,17,19,22H,6-10H2,1-3H3/t12?,13?,14-,17?,19+,20+/m1/s1. The van der Waals surface area contributed by atoms with E-state index < -0.39 is 0 Å². The third kappa shape index (κ3) is 1.79. The van der Waals surface area contributed by atoms with Gasteiger partial charge in [0.05, 0.1) is 13.2 Å². The number of benzene rings is 1. The van der Waals surface area contributed by atoms with E-state index in [2.05, 4.69) is 18.0 Å². The molecule has 1 spiro atoms. The van der Waals surface area contributed by atoms with Crippen LogP contribution in [-0.2, 0) is 16.6 Å². The SMILES string of the molecule is COc1ccc2c3c1O[C@H]1C(OC)C(CO)CC4[C@@H](C2)N(C)CC[C@@]341. The molecule has 25 heavy (non-hydrogen) atoms. The highest BCUT2D eigenvalue weighted by atomic mass is 16.6. The average molecular weight is 345 g/mol. The number of aliphatic hydroxyl groups excluding tert-OH is 1. The molecular formula is C20H27NO4. The van der Waals surface area contributed by atoms with Crippen LogP contribution in [-0.4, -0.2) is 62.7 Å². The molecule has 5 rings (SSSR count). The minimum absolute atomic E-state index is 0.000972. The van der Waals surface area contributed by atoms with Gasteiger partial charge in [0.25, 0.3) is 0 Å². The second-order valence-corrected chi connectivity index (χ2v) is 8.20. The van der Waals surface area contributed by atoms with Gasteiger partial charge in [0.2, 0.25) is 0 Å². The lowest BCUT2D eigenvalue weighted by Crippen LogP contribution is -2.68. The molecule has 4 aliphatic rings. The molecular weight excluding hydrogens is 318 g/mol. The molecule has 3 unspecified atom stereocenters. The molecule has 1 aromatic carbocycles. The van der Waals surface area contributed by atoms with E-state index in [4.69, 9.17) is 14.2 Å². The number of methoxy groups -OCH3 is 2. The molecule has 1 saturated carbocycles. The molecule has 1 saturated heterocycles. The van der Waals surface area contributed by atoms with Crippen molar-refractivity contribution < 1.29 is 19.3 Å². The Kier molecular flexibility index (Phi) is 3.41. The zero-order valence-electron chi connectivity index (χ0n) is 15.2. The fraction of sp³-hybridized carbons (Fsp3) is 0.700. The van der Waals surface area contributed by atoms with Crippen LogP contribution in [0, 0.1) is 11.8 Å². The largest absolute Gasteiger partial charge is 0.493 e. The number of aliphatic hydroxyl groups is 1. The van der Waals surface area contributed by atoms with Gasteiger partial charge in [-0.3, -0.25) is 0 Å². The molecule has 6 atom stereocenters. The van der Waals surface area contributed by atoms with Crippen molar-refractivity contribution in [3.63, 3.8) is 0 Å². The number of ether oxygens (including phenoxy) is 3. The molecule has 1 N–H and O–H groups in total. The van der Waals surface area contributed by atoms with Gasteiger partial charge in [0, 0.05) is 36.7 Å². The number of hydrogen-bond acceptors (Lipinski definition) is 5. The number of hydrogen-bond donors (Lipinski definition) is 1. The summed E-state index contributed by atoms with van der Waals surface area (Å²) in [5.74, 6) is 2.39. The van der Waals surface area contributed by atoms with Crippen LogP contribution >= 0.6 is 0 Å². The topological polar surface area (TPSA) is 51.2 Å². The Bertz CT molecular complexity index is 707. The number of likely N-dealkylation sites (tertiary alicyclic amines) is 1. The quantitative estimate of drug-likeness (QED) is 0.902. The van der Waals surface area contributed by atoms with Gasteiger partial charge in [-0.05, 0) is 50.4 Å². The first kappa shape index (κ1) is 15.9. The van der Waals surface area contributed by atoms with E-state index >= 15 is 0 Å². The molecule has 5 heteroatoms. The van der Waals surface area contributed by atoms with Crippen molar-refractivity contribution in [2.75, 3.05) is 34.4 Å². The summed E-state index contributed by atoms with van der Waals surface area (Å²) in [5.41, 5.74) is 2.79. The molecule has 2 aliphatic carbocycles. The molecule has 2 fully saturated rings. The van der Waals surface area contributed by atoms with Crippen molar-refractivity contribution in [2.45, 2.75) is 42.9 Å². The molecule has 1 aromatic rings. The maximum Gasteiger partial charge on any atom is 0.165 e. The predicted molar refractivity (Wildman–Crippen MR) is 93.3 cm³/mol. The van der Waals surface area contributed by atoms with Gasteiger partial charge in [-0.25, -0.2) is 0 Å². The molecule has 136 valence electrons. The lowest BCUT2D eigenvalue weighted by atomic mass is 9.50. The number of rotatable bonds is 3. The Labute approximate surface area is 148 Å². The molecule has 0 radical (unpaired) electrons. The first-order valence-electron chi connectivity index (χ1n) is 9.36.